The average molecular weight is 371 g/mol. The van der Waals surface area contributed by atoms with Gasteiger partial charge >= 0.3 is 0 Å². The van der Waals surface area contributed by atoms with Gasteiger partial charge in [0, 0.05) is 11.6 Å². The van der Waals surface area contributed by atoms with Crippen molar-refractivity contribution in [3.05, 3.63) is 47.0 Å². The van der Waals surface area contributed by atoms with Gasteiger partial charge in [-0.25, -0.2) is 26.3 Å². The van der Waals surface area contributed by atoms with Crippen LogP contribution in [0.2, 0.25) is 0 Å². The Kier molecular flexibility index (Phi) is 4.28. The Morgan fingerprint density at radius 1 is 1.00 bits per heavy atom. The maximum atomic E-state index is 14.3. The Balaban J connectivity index is 2.29. The van der Waals surface area contributed by atoms with Crippen molar-refractivity contribution in [2.45, 2.75) is 0 Å². The number of benzene rings is 2. The zero-order valence-electron chi connectivity index (χ0n) is 12.7. The first-order valence-electron chi connectivity index (χ1n) is 6.99. The van der Waals surface area contributed by atoms with E-state index in [9.17, 15) is 31.1 Å². The summed E-state index contributed by atoms with van der Waals surface area (Å²) in [5.41, 5.74) is -2.54. The van der Waals surface area contributed by atoms with Gasteiger partial charge in [0.05, 0.1) is 17.8 Å². The minimum atomic E-state index is -2.37. The number of fused-ring (bicyclic) bond motifs is 1. The first-order valence-corrected chi connectivity index (χ1v) is 6.99. The normalized spacial score (nSPS) is 13.3. The molecule has 2 aromatic carbocycles. The summed E-state index contributed by atoms with van der Waals surface area (Å²) in [5, 5.41) is 0. The van der Waals surface area contributed by atoms with Crippen LogP contribution in [-0.4, -0.2) is 19.1 Å². The van der Waals surface area contributed by atoms with Crippen LogP contribution in [0.3, 0.4) is 0 Å². The summed E-state index contributed by atoms with van der Waals surface area (Å²) in [6, 6.07) is 1.43. The lowest BCUT2D eigenvalue weighted by Crippen LogP contribution is -2.39. The van der Waals surface area contributed by atoms with Crippen LogP contribution >= 0.6 is 0 Å². The molecule has 9 heteroatoms. The highest BCUT2D eigenvalue weighted by Crippen LogP contribution is 2.40. The number of halogens is 6. The quantitative estimate of drug-likeness (QED) is 0.350. The zero-order chi connectivity index (χ0) is 19.2. The van der Waals surface area contributed by atoms with Crippen LogP contribution < -0.4 is 9.64 Å². The smallest absolute Gasteiger partial charge is 0.265 e. The van der Waals surface area contributed by atoms with Gasteiger partial charge in [-0.2, -0.15) is 0 Å². The summed E-state index contributed by atoms with van der Waals surface area (Å²) < 4.78 is 87.3. The van der Waals surface area contributed by atoms with Gasteiger partial charge in [0.15, 0.2) is 29.9 Å². The molecule has 1 heterocycles. The molecule has 0 aliphatic carbocycles. The summed E-state index contributed by atoms with van der Waals surface area (Å²) in [6.45, 7) is -0.715. The third-order valence-corrected chi connectivity index (χ3v) is 3.72. The van der Waals surface area contributed by atoms with E-state index in [2.05, 4.69) is 5.92 Å². The summed E-state index contributed by atoms with van der Waals surface area (Å²) in [4.78, 5) is 12.8. The molecule has 3 nitrogen and oxygen atoms in total. The first-order chi connectivity index (χ1) is 12.3. The molecule has 3 rings (SSSR count). The number of anilines is 1. The van der Waals surface area contributed by atoms with E-state index in [0.717, 1.165) is 11.0 Å². The standard InChI is InChI=1S/C17H7F6NO2/c1-2-3-24-9-4-7(8(18)5-10(9)26-6-11(24)25)12-13(19)15(21)17(23)16(22)14(12)20/h1,4-5H,3,6H2. The van der Waals surface area contributed by atoms with E-state index in [4.69, 9.17) is 11.2 Å². The molecule has 0 radical (unpaired) electrons. The number of hydrogen-bond donors (Lipinski definition) is 0. The molecule has 0 saturated carbocycles. The number of ether oxygens (including phenoxy) is 1. The predicted octanol–water partition coefficient (Wildman–Crippen LogP) is 3.55. The predicted molar refractivity (Wildman–Crippen MR) is 78.3 cm³/mol. The SMILES string of the molecule is C#CCN1C(=O)COc2cc(F)c(-c3c(F)c(F)c(F)c(F)c3F)cc21. The minimum absolute atomic E-state index is 0.153. The highest BCUT2D eigenvalue weighted by molar-refractivity contribution is 5.99. The fraction of sp³-hybridized carbons (Fsp3) is 0.118. The molecule has 0 saturated heterocycles. The summed E-state index contributed by atoms with van der Waals surface area (Å²) in [5.74, 6) is -11.1. The molecule has 0 unspecified atom stereocenters. The molecular formula is C17H7F6NO2. The van der Waals surface area contributed by atoms with E-state index < -0.39 is 58.5 Å². The number of hydrogen-bond acceptors (Lipinski definition) is 2. The second kappa shape index (κ2) is 6.29. The van der Waals surface area contributed by atoms with Gasteiger partial charge in [0.25, 0.3) is 5.91 Å². The lowest BCUT2D eigenvalue weighted by molar-refractivity contribution is -0.121. The molecule has 1 aliphatic heterocycles. The Morgan fingerprint density at radius 3 is 2.15 bits per heavy atom. The molecule has 0 atom stereocenters. The van der Waals surface area contributed by atoms with Crippen LogP contribution in [0.1, 0.15) is 0 Å². The van der Waals surface area contributed by atoms with Crippen LogP contribution in [0, 0.1) is 47.2 Å². The highest BCUT2D eigenvalue weighted by atomic mass is 19.2. The largest absolute Gasteiger partial charge is 0.481 e. The third-order valence-electron chi connectivity index (χ3n) is 3.72. The van der Waals surface area contributed by atoms with Gasteiger partial charge in [-0.3, -0.25) is 9.69 Å². The first kappa shape index (κ1) is 17.7. The highest BCUT2D eigenvalue weighted by Gasteiger charge is 2.31. The fourth-order valence-electron chi connectivity index (χ4n) is 2.52. The molecule has 0 fully saturated rings. The molecule has 0 aromatic heterocycles. The van der Waals surface area contributed by atoms with E-state index >= 15 is 0 Å². The summed E-state index contributed by atoms with van der Waals surface area (Å²) in [6.07, 6.45) is 5.14. The maximum absolute atomic E-state index is 14.3. The topological polar surface area (TPSA) is 29.5 Å². The van der Waals surface area contributed by atoms with Crippen molar-refractivity contribution in [1.29, 1.82) is 0 Å². The second-order valence-corrected chi connectivity index (χ2v) is 5.22. The van der Waals surface area contributed by atoms with Gasteiger partial charge in [-0.1, -0.05) is 5.92 Å². The Morgan fingerprint density at radius 2 is 1.58 bits per heavy atom. The van der Waals surface area contributed by atoms with Gasteiger partial charge < -0.3 is 4.74 Å². The fourth-order valence-corrected chi connectivity index (χ4v) is 2.52. The van der Waals surface area contributed by atoms with Crippen LogP contribution in [0.15, 0.2) is 12.1 Å². The molecule has 0 spiro atoms. The van der Waals surface area contributed by atoms with E-state index in [-0.39, 0.29) is 18.0 Å². The summed E-state index contributed by atoms with van der Waals surface area (Å²) >= 11 is 0. The third kappa shape index (κ3) is 2.54. The number of nitrogens with zero attached hydrogens (tertiary/aromatic N) is 1. The summed E-state index contributed by atoms with van der Waals surface area (Å²) in [7, 11) is 0. The van der Waals surface area contributed by atoms with Crippen molar-refractivity contribution in [3.8, 4) is 29.2 Å². The minimum Gasteiger partial charge on any atom is -0.481 e. The molecule has 134 valence electrons. The van der Waals surface area contributed by atoms with Crippen molar-refractivity contribution < 1.29 is 35.9 Å². The lowest BCUT2D eigenvalue weighted by atomic mass is 10.0. The Labute approximate surface area is 142 Å². The van der Waals surface area contributed by atoms with Gasteiger partial charge in [-0.05, 0) is 6.07 Å². The van der Waals surface area contributed by atoms with Crippen molar-refractivity contribution >= 4 is 11.6 Å². The van der Waals surface area contributed by atoms with Crippen molar-refractivity contribution in [1.82, 2.24) is 0 Å². The molecule has 0 bridgehead atoms. The lowest BCUT2D eigenvalue weighted by Gasteiger charge is -2.28. The molecule has 1 aliphatic rings. The number of terminal acetylenes is 1. The average Bonchev–Trinajstić information content (AvgIpc) is 2.62. The molecule has 0 N–H and O–H groups in total. The monoisotopic (exact) mass is 371 g/mol. The Hall–Kier alpha value is -3.15. The van der Waals surface area contributed by atoms with Crippen LogP contribution in [-0.2, 0) is 4.79 Å². The molecule has 26 heavy (non-hydrogen) atoms. The van der Waals surface area contributed by atoms with Crippen molar-refractivity contribution in [3.63, 3.8) is 0 Å². The van der Waals surface area contributed by atoms with Gasteiger partial charge in [0.2, 0.25) is 5.82 Å². The van der Waals surface area contributed by atoms with Crippen molar-refractivity contribution in [2.24, 2.45) is 0 Å². The van der Waals surface area contributed by atoms with Crippen LogP contribution in [0.5, 0.6) is 5.75 Å². The number of amides is 1. The van der Waals surface area contributed by atoms with Gasteiger partial charge in [0.1, 0.15) is 11.6 Å². The molecular weight excluding hydrogens is 364 g/mol. The number of rotatable bonds is 2. The van der Waals surface area contributed by atoms with E-state index in [0.29, 0.717) is 6.07 Å². The maximum Gasteiger partial charge on any atom is 0.265 e. The number of carbonyl (C=O) groups is 1. The van der Waals surface area contributed by atoms with Crippen LogP contribution in [0.25, 0.3) is 11.1 Å². The van der Waals surface area contributed by atoms with E-state index in [1.54, 1.807) is 0 Å². The zero-order valence-corrected chi connectivity index (χ0v) is 12.7. The molecule has 2 aromatic rings. The molecule has 1 amide bonds. The van der Waals surface area contributed by atoms with Crippen LogP contribution in [0.4, 0.5) is 32.0 Å². The van der Waals surface area contributed by atoms with Gasteiger partial charge in [-0.15, -0.1) is 6.42 Å². The van der Waals surface area contributed by atoms with E-state index in [1.807, 2.05) is 0 Å². The van der Waals surface area contributed by atoms with E-state index in [1.165, 1.54) is 0 Å². The second-order valence-electron chi connectivity index (χ2n) is 5.22. The Bertz CT molecular complexity index is 953. The van der Waals surface area contributed by atoms with Crippen molar-refractivity contribution in [2.75, 3.05) is 18.1 Å². The number of carbonyl (C=O) groups excluding carboxylic acids is 1.